The minimum absolute atomic E-state index is 0.0635. The average molecular weight is 307 g/mol. The molecule has 3 amide bonds. The highest BCUT2D eigenvalue weighted by Gasteiger charge is 2.34. The van der Waals surface area contributed by atoms with E-state index in [1.807, 2.05) is 4.90 Å². The van der Waals surface area contributed by atoms with E-state index in [4.69, 9.17) is 0 Å². The molecule has 2 atom stereocenters. The van der Waals surface area contributed by atoms with Crippen LogP contribution in [0.25, 0.3) is 0 Å². The monoisotopic (exact) mass is 307 g/mol. The third kappa shape index (κ3) is 3.73. The van der Waals surface area contributed by atoms with Crippen LogP contribution in [0.15, 0.2) is 0 Å². The van der Waals surface area contributed by atoms with Gasteiger partial charge in [-0.15, -0.1) is 0 Å². The number of nitrogens with one attached hydrogen (secondary N) is 1. The lowest BCUT2D eigenvalue weighted by molar-refractivity contribution is -0.139. The van der Waals surface area contributed by atoms with Crippen LogP contribution in [0.2, 0.25) is 0 Å². The molecule has 124 valence electrons. The lowest BCUT2D eigenvalue weighted by Gasteiger charge is -2.39. The molecule has 22 heavy (non-hydrogen) atoms. The number of carbonyl (C=O) groups excluding carboxylic acids is 2. The number of hydrogen-bond donors (Lipinski definition) is 1. The molecular weight excluding hydrogens is 278 g/mol. The Kier molecular flexibility index (Phi) is 4.59. The zero-order valence-electron chi connectivity index (χ0n) is 13.9. The van der Waals surface area contributed by atoms with Gasteiger partial charge in [0.1, 0.15) is 0 Å². The van der Waals surface area contributed by atoms with Crippen molar-refractivity contribution in [3.05, 3.63) is 0 Å². The Labute approximate surface area is 133 Å². The first-order valence-corrected chi connectivity index (χ1v) is 8.87. The Hall–Kier alpha value is -1.26. The summed E-state index contributed by atoms with van der Waals surface area (Å²) in [5, 5.41) is 3.03. The first-order chi connectivity index (χ1) is 10.5. The van der Waals surface area contributed by atoms with Crippen molar-refractivity contribution in [3.8, 4) is 0 Å². The fraction of sp³-hybridized carbons (Fsp3) is 0.882. The maximum Gasteiger partial charge on any atom is 0.317 e. The van der Waals surface area contributed by atoms with Crippen molar-refractivity contribution in [1.29, 1.82) is 0 Å². The normalized spacial score (nSPS) is 30.3. The lowest BCUT2D eigenvalue weighted by Crippen LogP contribution is -2.50. The molecule has 5 heteroatoms. The van der Waals surface area contributed by atoms with Crippen LogP contribution < -0.4 is 5.32 Å². The molecule has 3 rings (SSSR count). The number of amides is 3. The summed E-state index contributed by atoms with van der Waals surface area (Å²) in [5.74, 6) is 1.65. The Morgan fingerprint density at radius 1 is 0.909 bits per heavy atom. The van der Waals surface area contributed by atoms with E-state index in [1.54, 1.807) is 0 Å². The van der Waals surface area contributed by atoms with Gasteiger partial charge in [0.05, 0.1) is 0 Å². The highest BCUT2D eigenvalue weighted by Crippen LogP contribution is 2.26. The summed E-state index contributed by atoms with van der Waals surface area (Å²) >= 11 is 0. The van der Waals surface area contributed by atoms with Crippen LogP contribution in [0.4, 0.5) is 4.79 Å². The zero-order valence-corrected chi connectivity index (χ0v) is 13.9. The number of hydrogen-bond acceptors (Lipinski definition) is 2. The number of carbonyl (C=O) groups is 2. The van der Waals surface area contributed by atoms with Gasteiger partial charge in [-0.3, -0.25) is 4.79 Å². The molecule has 1 N–H and O–H groups in total. The third-order valence-corrected chi connectivity index (χ3v) is 5.22. The van der Waals surface area contributed by atoms with Gasteiger partial charge in [0.25, 0.3) is 0 Å². The van der Waals surface area contributed by atoms with Gasteiger partial charge in [-0.25, -0.2) is 4.79 Å². The van der Waals surface area contributed by atoms with E-state index in [1.165, 1.54) is 6.42 Å². The highest BCUT2D eigenvalue weighted by molar-refractivity contribution is 5.80. The van der Waals surface area contributed by atoms with E-state index >= 15 is 0 Å². The van der Waals surface area contributed by atoms with Gasteiger partial charge >= 0.3 is 6.03 Å². The first kappa shape index (κ1) is 15.6. The average Bonchev–Trinajstić information content (AvgIpc) is 3.29. The van der Waals surface area contributed by atoms with Crippen molar-refractivity contribution < 1.29 is 9.59 Å². The van der Waals surface area contributed by atoms with Gasteiger partial charge < -0.3 is 15.1 Å². The summed E-state index contributed by atoms with van der Waals surface area (Å²) in [4.78, 5) is 28.7. The number of urea groups is 1. The number of nitrogens with zero attached hydrogens (tertiary/aromatic N) is 2. The van der Waals surface area contributed by atoms with Crippen LogP contribution >= 0.6 is 0 Å². The van der Waals surface area contributed by atoms with Gasteiger partial charge in [-0.2, -0.15) is 0 Å². The topological polar surface area (TPSA) is 52.7 Å². The molecule has 0 spiro atoms. The molecule has 2 unspecified atom stereocenters. The zero-order chi connectivity index (χ0) is 15.7. The molecule has 0 radical (unpaired) electrons. The second kappa shape index (κ2) is 6.47. The Balaban J connectivity index is 1.47. The fourth-order valence-corrected chi connectivity index (χ4v) is 3.92. The summed E-state index contributed by atoms with van der Waals surface area (Å²) in [6, 6.07) is 0.469. The summed E-state index contributed by atoms with van der Waals surface area (Å²) < 4.78 is 0. The SMILES string of the molecule is CC1CC(C)CN(C(=O)C2CCN(C(=O)NC3CC3)CC2)C1. The van der Waals surface area contributed by atoms with Crippen LogP contribution in [-0.4, -0.2) is 54.0 Å². The molecular formula is C17H29N3O2. The fourth-order valence-electron chi connectivity index (χ4n) is 3.92. The Morgan fingerprint density at radius 3 is 2.05 bits per heavy atom. The minimum Gasteiger partial charge on any atom is -0.342 e. The van der Waals surface area contributed by atoms with Crippen molar-refractivity contribution in [1.82, 2.24) is 15.1 Å². The molecule has 0 bridgehead atoms. The van der Waals surface area contributed by atoms with Gasteiger partial charge in [0.2, 0.25) is 5.91 Å². The predicted molar refractivity (Wildman–Crippen MR) is 85.4 cm³/mol. The smallest absolute Gasteiger partial charge is 0.317 e. The molecule has 0 aromatic heterocycles. The number of rotatable bonds is 2. The molecule has 2 aliphatic heterocycles. The van der Waals surface area contributed by atoms with Crippen LogP contribution in [0.5, 0.6) is 0 Å². The van der Waals surface area contributed by atoms with Crippen LogP contribution in [0.1, 0.15) is 46.0 Å². The Morgan fingerprint density at radius 2 is 1.50 bits per heavy atom. The van der Waals surface area contributed by atoms with Gasteiger partial charge in [-0.05, 0) is 43.9 Å². The van der Waals surface area contributed by atoms with Crippen molar-refractivity contribution in [2.75, 3.05) is 26.2 Å². The summed E-state index contributed by atoms with van der Waals surface area (Å²) in [6.45, 7) is 7.72. The number of piperidine rings is 2. The van der Waals surface area contributed by atoms with Gasteiger partial charge in [0, 0.05) is 38.1 Å². The highest BCUT2D eigenvalue weighted by atomic mass is 16.2. The molecule has 2 saturated heterocycles. The van der Waals surface area contributed by atoms with E-state index in [-0.39, 0.29) is 11.9 Å². The molecule has 5 nitrogen and oxygen atoms in total. The van der Waals surface area contributed by atoms with Crippen molar-refractivity contribution >= 4 is 11.9 Å². The van der Waals surface area contributed by atoms with E-state index in [2.05, 4.69) is 24.1 Å². The summed E-state index contributed by atoms with van der Waals surface area (Å²) in [5.41, 5.74) is 0. The molecule has 3 aliphatic rings. The van der Waals surface area contributed by atoms with Crippen molar-refractivity contribution in [2.24, 2.45) is 17.8 Å². The molecule has 1 aliphatic carbocycles. The van der Waals surface area contributed by atoms with E-state index in [9.17, 15) is 9.59 Å². The predicted octanol–water partition coefficient (Wildman–Crippen LogP) is 2.07. The largest absolute Gasteiger partial charge is 0.342 e. The van der Waals surface area contributed by atoms with Crippen molar-refractivity contribution in [2.45, 2.75) is 52.0 Å². The molecule has 1 saturated carbocycles. The summed E-state index contributed by atoms with van der Waals surface area (Å²) in [6.07, 6.45) is 5.09. The van der Waals surface area contributed by atoms with Gasteiger partial charge in [0.15, 0.2) is 0 Å². The van der Waals surface area contributed by atoms with Crippen LogP contribution in [-0.2, 0) is 4.79 Å². The third-order valence-electron chi connectivity index (χ3n) is 5.22. The van der Waals surface area contributed by atoms with E-state index in [0.29, 0.717) is 36.9 Å². The Bertz CT molecular complexity index is 418. The maximum absolute atomic E-state index is 12.7. The number of likely N-dealkylation sites (tertiary alicyclic amines) is 2. The molecule has 2 heterocycles. The van der Waals surface area contributed by atoms with Gasteiger partial charge in [-0.1, -0.05) is 13.8 Å². The maximum atomic E-state index is 12.7. The second-order valence-corrected chi connectivity index (χ2v) is 7.67. The minimum atomic E-state index is 0.0635. The van der Waals surface area contributed by atoms with Crippen molar-refractivity contribution in [3.63, 3.8) is 0 Å². The molecule has 3 fully saturated rings. The second-order valence-electron chi connectivity index (χ2n) is 7.67. The molecule has 0 aromatic rings. The lowest BCUT2D eigenvalue weighted by atomic mass is 9.89. The van der Waals surface area contributed by atoms with E-state index < -0.39 is 0 Å². The van der Waals surface area contributed by atoms with E-state index in [0.717, 1.165) is 38.8 Å². The quantitative estimate of drug-likeness (QED) is 0.849. The van der Waals surface area contributed by atoms with Crippen LogP contribution in [0, 0.1) is 17.8 Å². The molecule has 0 aromatic carbocycles. The first-order valence-electron chi connectivity index (χ1n) is 8.87. The summed E-state index contributed by atoms with van der Waals surface area (Å²) in [7, 11) is 0. The van der Waals surface area contributed by atoms with Crippen LogP contribution in [0.3, 0.4) is 0 Å². The standard InChI is InChI=1S/C17H29N3O2/c1-12-9-13(2)11-20(10-12)16(21)14-5-7-19(8-6-14)17(22)18-15-3-4-15/h12-15H,3-11H2,1-2H3,(H,18,22).